The van der Waals surface area contributed by atoms with Crippen molar-refractivity contribution in [2.75, 3.05) is 0 Å². The molecule has 94 valence electrons. The van der Waals surface area contributed by atoms with E-state index >= 15 is 0 Å². The average molecular weight is 264 g/mol. The zero-order valence-corrected chi connectivity index (χ0v) is 11.2. The Morgan fingerprint density at radius 1 is 1.06 bits per heavy atom. The number of rotatable bonds is 2. The second-order valence-corrected chi connectivity index (χ2v) is 4.83. The molecular weight excluding hydrogens is 249 g/mol. The molecule has 0 aliphatic heterocycles. The molecule has 3 heteroatoms. The highest BCUT2D eigenvalue weighted by molar-refractivity contribution is 6.31. The summed E-state index contributed by atoms with van der Waals surface area (Å²) in [4.78, 5) is 0. The molecule has 2 aromatic rings. The first-order chi connectivity index (χ1) is 8.52. The lowest BCUT2D eigenvalue weighted by atomic mass is 9.95. The van der Waals surface area contributed by atoms with Gasteiger partial charge in [0, 0.05) is 6.54 Å². The van der Waals surface area contributed by atoms with Crippen molar-refractivity contribution < 1.29 is 4.39 Å². The fourth-order valence-corrected chi connectivity index (χ4v) is 2.34. The Labute approximate surface area is 111 Å². The molecule has 0 aromatic heterocycles. The molecule has 18 heavy (non-hydrogen) atoms. The number of aryl methyl sites for hydroxylation is 2. The largest absolute Gasteiger partial charge is 0.326 e. The maximum absolute atomic E-state index is 13.1. The molecule has 0 spiro atoms. The molecule has 0 saturated heterocycles. The lowest BCUT2D eigenvalue weighted by Gasteiger charge is -2.11. The van der Waals surface area contributed by atoms with E-state index in [-0.39, 0.29) is 5.02 Å². The van der Waals surface area contributed by atoms with Gasteiger partial charge in [0.1, 0.15) is 5.82 Å². The van der Waals surface area contributed by atoms with Gasteiger partial charge < -0.3 is 5.73 Å². The van der Waals surface area contributed by atoms with Crippen molar-refractivity contribution in [2.45, 2.75) is 20.4 Å². The highest BCUT2D eigenvalue weighted by atomic mass is 35.5. The third-order valence-electron chi connectivity index (χ3n) is 3.15. The van der Waals surface area contributed by atoms with Gasteiger partial charge in [0.2, 0.25) is 0 Å². The van der Waals surface area contributed by atoms with E-state index < -0.39 is 5.82 Å². The highest BCUT2D eigenvalue weighted by Gasteiger charge is 2.07. The van der Waals surface area contributed by atoms with Crippen LogP contribution in [0.4, 0.5) is 4.39 Å². The van der Waals surface area contributed by atoms with Crippen LogP contribution >= 0.6 is 11.6 Å². The van der Waals surface area contributed by atoms with E-state index in [1.165, 1.54) is 6.07 Å². The van der Waals surface area contributed by atoms with Crippen molar-refractivity contribution in [1.29, 1.82) is 0 Å². The summed E-state index contributed by atoms with van der Waals surface area (Å²) in [6, 6.07) is 8.88. The second kappa shape index (κ2) is 5.09. The summed E-state index contributed by atoms with van der Waals surface area (Å²) < 4.78 is 13.1. The summed E-state index contributed by atoms with van der Waals surface area (Å²) in [5, 5.41) is 0.144. The number of hydrogen-bond acceptors (Lipinski definition) is 1. The minimum absolute atomic E-state index is 0.144. The quantitative estimate of drug-likeness (QED) is 0.862. The first-order valence-electron chi connectivity index (χ1n) is 5.78. The van der Waals surface area contributed by atoms with Crippen molar-refractivity contribution in [3.05, 3.63) is 57.9 Å². The van der Waals surface area contributed by atoms with E-state index in [0.29, 0.717) is 6.54 Å². The van der Waals surface area contributed by atoms with Crippen LogP contribution in [0.15, 0.2) is 30.3 Å². The molecule has 2 aromatic carbocycles. The summed E-state index contributed by atoms with van der Waals surface area (Å²) in [5.41, 5.74) is 11.1. The van der Waals surface area contributed by atoms with Gasteiger partial charge in [-0.15, -0.1) is 0 Å². The lowest BCUT2D eigenvalue weighted by molar-refractivity contribution is 0.628. The van der Waals surface area contributed by atoms with Gasteiger partial charge in [0.05, 0.1) is 5.02 Å². The van der Waals surface area contributed by atoms with Gasteiger partial charge in [-0.1, -0.05) is 29.8 Å². The van der Waals surface area contributed by atoms with Crippen molar-refractivity contribution in [3.8, 4) is 11.1 Å². The monoisotopic (exact) mass is 263 g/mol. The molecule has 0 aliphatic carbocycles. The van der Waals surface area contributed by atoms with Gasteiger partial charge in [-0.25, -0.2) is 4.39 Å². The van der Waals surface area contributed by atoms with E-state index in [9.17, 15) is 4.39 Å². The zero-order valence-electron chi connectivity index (χ0n) is 10.4. The number of nitrogens with two attached hydrogens (primary N) is 1. The molecule has 0 unspecified atom stereocenters. The molecule has 2 rings (SSSR count). The van der Waals surface area contributed by atoms with Crippen LogP contribution < -0.4 is 5.73 Å². The Kier molecular flexibility index (Phi) is 3.69. The highest BCUT2D eigenvalue weighted by Crippen LogP contribution is 2.28. The maximum Gasteiger partial charge on any atom is 0.141 e. The molecular formula is C15H15ClFN. The lowest BCUT2D eigenvalue weighted by Crippen LogP contribution is -2.02. The van der Waals surface area contributed by atoms with Crippen LogP contribution in [0.5, 0.6) is 0 Å². The number of hydrogen-bond donors (Lipinski definition) is 1. The summed E-state index contributed by atoms with van der Waals surface area (Å²) >= 11 is 5.81. The van der Waals surface area contributed by atoms with Gasteiger partial charge in [-0.2, -0.15) is 0 Å². The van der Waals surface area contributed by atoms with E-state index in [4.69, 9.17) is 17.3 Å². The summed E-state index contributed by atoms with van der Waals surface area (Å²) in [6.07, 6.45) is 0. The van der Waals surface area contributed by atoms with Gasteiger partial charge in [-0.05, 0) is 53.8 Å². The van der Waals surface area contributed by atoms with Crippen molar-refractivity contribution in [3.63, 3.8) is 0 Å². The molecule has 2 N–H and O–H groups in total. The third-order valence-corrected chi connectivity index (χ3v) is 3.44. The predicted octanol–water partition coefficient (Wildman–Crippen LogP) is 4.22. The van der Waals surface area contributed by atoms with Gasteiger partial charge in [0.15, 0.2) is 0 Å². The minimum Gasteiger partial charge on any atom is -0.326 e. The maximum atomic E-state index is 13.1. The van der Waals surface area contributed by atoms with Crippen LogP contribution in [0, 0.1) is 19.7 Å². The average Bonchev–Trinajstić information content (AvgIpc) is 2.32. The molecule has 0 saturated carbocycles. The van der Waals surface area contributed by atoms with E-state index in [0.717, 1.165) is 27.8 Å². The normalized spacial score (nSPS) is 10.7. The number of benzene rings is 2. The Morgan fingerprint density at radius 3 is 2.17 bits per heavy atom. The summed E-state index contributed by atoms with van der Waals surface area (Å²) in [7, 11) is 0. The Balaban J connectivity index is 2.54. The summed E-state index contributed by atoms with van der Waals surface area (Å²) in [6.45, 7) is 4.59. The molecule has 0 fully saturated rings. The molecule has 0 radical (unpaired) electrons. The Hall–Kier alpha value is -1.38. The van der Waals surface area contributed by atoms with Crippen LogP contribution in [0.2, 0.25) is 5.02 Å². The Morgan fingerprint density at radius 2 is 1.67 bits per heavy atom. The minimum atomic E-state index is -0.396. The molecule has 0 heterocycles. The van der Waals surface area contributed by atoms with Crippen LogP contribution in [-0.4, -0.2) is 0 Å². The van der Waals surface area contributed by atoms with Crippen molar-refractivity contribution in [1.82, 2.24) is 0 Å². The smallest absolute Gasteiger partial charge is 0.141 e. The first-order valence-corrected chi connectivity index (χ1v) is 6.16. The van der Waals surface area contributed by atoms with Gasteiger partial charge in [-0.3, -0.25) is 0 Å². The molecule has 0 bridgehead atoms. The van der Waals surface area contributed by atoms with Crippen molar-refractivity contribution in [2.24, 2.45) is 5.73 Å². The Bertz CT molecular complexity index is 570. The number of halogens is 2. The van der Waals surface area contributed by atoms with Crippen LogP contribution in [-0.2, 0) is 6.54 Å². The predicted molar refractivity (Wildman–Crippen MR) is 74.2 cm³/mol. The second-order valence-electron chi connectivity index (χ2n) is 4.42. The molecule has 0 atom stereocenters. The molecule has 0 amide bonds. The fraction of sp³-hybridized carbons (Fsp3) is 0.200. The van der Waals surface area contributed by atoms with Crippen molar-refractivity contribution >= 4 is 11.6 Å². The first kappa shape index (κ1) is 13.1. The van der Waals surface area contributed by atoms with Gasteiger partial charge >= 0.3 is 0 Å². The standard InChI is InChI=1S/C15H15ClFN/c1-9-5-12(6-10(2)13(9)8-18)11-3-4-15(17)14(16)7-11/h3-7H,8,18H2,1-2H3. The zero-order chi connectivity index (χ0) is 13.3. The topological polar surface area (TPSA) is 26.0 Å². The van der Waals surface area contributed by atoms with Crippen LogP contribution in [0.3, 0.4) is 0 Å². The van der Waals surface area contributed by atoms with E-state index in [1.807, 2.05) is 13.8 Å². The van der Waals surface area contributed by atoms with E-state index in [1.54, 1.807) is 12.1 Å². The van der Waals surface area contributed by atoms with Crippen LogP contribution in [0.25, 0.3) is 11.1 Å². The van der Waals surface area contributed by atoms with E-state index in [2.05, 4.69) is 12.1 Å². The third kappa shape index (κ3) is 2.40. The fourth-order valence-electron chi connectivity index (χ4n) is 2.16. The SMILES string of the molecule is Cc1cc(-c2ccc(F)c(Cl)c2)cc(C)c1CN. The van der Waals surface area contributed by atoms with Crippen LogP contribution in [0.1, 0.15) is 16.7 Å². The summed E-state index contributed by atoms with van der Waals surface area (Å²) in [5.74, 6) is -0.396. The molecule has 1 nitrogen and oxygen atoms in total. The van der Waals surface area contributed by atoms with Gasteiger partial charge in [0.25, 0.3) is 0 Å². The molecule has 0 aliphatic rings.